The number of hydrogen-bond acceptors (Lipinski definition) is 5. The lowest BCUT2D eigenvalue weighted by Gasteiger charge is -2.32. The van der Waals surface area contributed by atoms with E-state index in [9.17, 15) is 4.79 Å². The lowest BCUT2D eigenvalue weighted by Crippen LogP contribution is -2.39. The zero-order valence-electron chi connectivity index (χ0n) is 14.6. The van der Waals surface area contributed by atoms with E-state index in [1.165, 1.54) is 0 Å². The van der Waals surface area contributed by atoms with Gasteiger partial charge in [0, 0.05) is 35.9 Å². The molecule has 2 aromatic rings. The summed E-state index contributed by atoms with van der Waals surface area (Å²) in [5.41, 5.74) is 7.03. The summed E-state index contributed by atoms with van der Waals surface area (Å²) >= 11 is 6.08. The van der Waals surface area contributed by atoms with E-state index < -0.39 is 0 Å². The summed E-state index contributed by atoms with van der Waals surface area (Å²) in [5.74, 6) is 0.702. The van der Waals surface area contributed by atoms with Gasteiger partial charge in [0.15, 0.2) is 0 Å². The van der Waals surface area contributed by atoms with Crippen LogP contribution in [0.25, 0.3) is 0 Å². The molecule has 1 aromatic carbocycles. The molecule has 26 heavy (non-hydrogen) atoms. The van der Waals surface area contributed by atoms with Gasteiger partial charge in [-0.05, 0) is 50.1 Å². The molecule has 1 amide bonds. The Kier molecular flexibility index (Phi) is 6.41. The molecule has 1 aliphatic rings. The maximum Gasteiger partial charge on any atom is 0.257 e. The molecule has 138 valence electrons. The van der Waals surface area contributed by atoms with Gasteiger partial charge in [0.1, 0.15) is 12.1 Å². The Balaban J connectivity index is 1.76. The number of nitrogens with zero attached hydrogens (tertiary/aromatic N) is 3. The third-order valence-electron chi connectivity index (χ3n) is 4.51. The van der Waals surface area contributed by atoms with Gasteiger partial charge in [-0.1, -0.05) is 11.6 Å². The summed E-state index contributed by atoms with van der Waals surface area (Å²) in [6, 6.07) is 7.06. The minimum absolute atomic E-state index is 0.0387. The van der Waals surface area contributed by atoms with Gasteiger partial charge in [0.05, 0.1) is 12.2 Å². The van der Waals surface area contributed by atoms with Crippen molar-refractivity contribution in [2.75, 3.05) is 26.2 Å². The van der Waals surface area contributed by atoms with Gasteiger partial charge in [-0.3, -0.25) is 4.79 Å². The Bertz CT molecular complexity index is 742. The van der Waals surface area contributed by atoms with E-state index >= 15 is 0 Å². The highest BCUT2D eigenvalue weighted by atomic mass is 35.5. The molecule has 2 N–H and O–H groups in total. The van der Waals surface area contributed by atoms with Crippen LogP contribution >= 0.6 is 11.6 Å². The highest BCUT2D eigenvalue weighted by molar-refractivity contribution is 6.30. The van der Waals surface area contributed by atoms with E-state index in [2.05, 4.69) is 9.97 Å². The molecule has 7 heteroatoms. The van der Waals surface area contributed by atoms with Gasteiger partial charge >= 0.3 is 0 Å². The third-order valence-corrected chi connectivity index (χ3v) is 4.75. The average Bonchev–Trinajstić information content (AvgIpc) is 2.69. The smallest absolute Gasteiger partial charge is 0.257 e. The van der Waals surface area contributed by atoms with E-state index in [0.717, 1.165) is 31.5 Å². The summed E-state index contributed by atoms with van der Waals surface area (Å²) in [7, 11) is 0. The van der Waals surface area contributed by atoms with Crippen LogP contribution in [0.4, 0.5) is 0 Å². The highest BCUT2D eigenvalue weighted by Gasteiger charge is 2.27. The van der Waals surface area contributed by atoms with E-state index in [-0.39, 0.29) is 11.8 Å². The maximum absolute atomic E-state index is 13.1. The van der Waals surface area contributed by atoms with Gasteiger partial charge in [-0.25, -0.2) is 9.97 Å². The van der Waals surface area contributed by atoms with Crippen LogP contribution < -0.4 is 10.5 Å². The minimum atomic E-state index is -0.0387. The fourth-order valence-electron chi connectivity index (χ4n) is 3.17. The molecule has 1 aromatic heterocycles. The molecular weight excluding hydrogens is 352 g/mol. The predicted molar refractivity (Wildman–Crippen MR) is 101 cm³/mol. The van der Waals surface area contributed by atoms with Crippen LogP contribution in [0.15, 0.2) is 36.8 Å². The Morgan fingerprint density at radius 1 is 1.38 bits per heavy atom. The number of rotatable bonds is 6. The highest BCUT2D eigenvalue weighted by Crippen LogP contribution is 2.29. The maximum atomic E-state index is 13.1. The van der Waals surface area contributed by atoms with Crippen LogP contribution in [-0.2, 0) is 0 Å². The molecule has 3 rings (SSSR count). The monoisotopic (exact) mass is 374 g/mol. The first-order valence-electron chi connectivity index (χ1n) is 8.86. The van der Waals surface area contributed by atoms with Crippen molar-refractivity contribution >= 4 is 17.5 Å². The standard InChI is InChI=1S/C19H23ClN4O2/c20-15-4-5-16(18(11-15)26-10-2-7-21)19(25)24-9-1-3-14(12-24)17-6-8-22-13-23-17/h4-6,8,11,13-14H,1-3,7,9-10,12,21H2/t14-/m1/s1. The first-order valence-corrected chi connectivity index (χ1v) is 9.24. The number of carbonyl (C=O) groups excluding carboxylic acids is 1. The largest absolute Gasteiger partial charge is 0.493 e. The van der Waals surface area contributed by atoms with Gasteiger partial charge < -0.3 is 15.4 Å². The number of halogens is 1. The molecule has 6 nitrogen and oxygen atoms in total. The molecule has 1 fully saturated rings. The number of likely N-dealkylation sites (tertiary alicyclic amines) is 1. The second-order valence-corrected chi connectivity index (χ2v) is 6.79. The van der Waals surface area contributed by atoms with E-state index in [1.54, 1.807) is 30.7 Å². The van der Waals surface area contributed by atoms with Crippen molar-refractivity contribution in [1.29, 1.82) is 0 Å². The predicted octanol–water partition coefficient (Wildman–Crippen LogP) is 2.88. The molecule has 0 aliphatic carbocycles. The van der Waals surface area contributed by atoms with Gasteiger partial charge in [0.2, 0.25) is 0 Å². The molecule has 1 atom stereocenters. The normalized spacial score (nSPS) is 17.2. The van der Waals surface area contributed by atoms with Crippen molar-refractivity contribution in [3.05, 3.63) is 53.1 Å². The summed E-state index contributed by atoms with van der Waals surface area (Å²) in [5, 5.41) is 0.543. The zero-order valence-corrected chi connectivity index (χ0v) is 15.4. The number of aromatic nitrogens is 2. The van der Waals surface area contributed by atoms with Crippen LogP contribution in [0.1, 0.15) is 41.2 Å². The summed E-state index contributed by atoms with van der Waals surface area (Å²) < 4.78 is 5.75. The summed E-state index contributed by atoms with van der Waals surface area (Å²) in [6.45, 7) is 2.36. The van der Waals surface area contributed by atoms with Gasteiger partial charge in [-0.15, -0.1) is 0 Å². The molecule has 0 saturated carbocycles. The number of carbonyl (C=O) groups is 1. The van der Waals surface area contributed by atoms with Gasteiger partial charge in [-0.2, -0.15) is 0 Å². The first kappa shape index (κ1) is 18.6. The van der Waals surface area contributed by atoms with E-state index in [1.807, 2.05) is 11.0 Å². The van der Waals surface area contributed by atoms with Gasteiger partial charge in [0.25, 0.3) is 5.91 Å². The van der Waals surface area contributed by atoms with Crippen LogP contribution in [0.2, 0.25) is 5.02 Å². The van der Waals surface area contributed by atoms with Crippen LogP contribution in [0.5, 0.6) is 5.75 Å². The minimum Gasteiger partial charge on any atom is -0.493 e. The topological polar surface area (TPSA) is 81.3 Å². The average molecular weight is 375 g/mol. The van der Waals surface area contributed by atoms with Crippen molar-refractivity contribution in [3.63, 3.8) is 0 Å². The number of ether oxygens (including phenoxy) is 1. The van der Waals surface area contributed by atoms with Crippen LogP contribution in [-0.4, -0.2) is 47.0 Å². The Morgan fingerprint density at radius 3 is 3.04 bits per heavy atom. The van der Waals surface area contributed by atoms with Crippen molar-refractivity contribution in [2.24, 2.45) is 5.73 Å². The molecule has 0 unspecified atom stereocenters. The number of benzene rings is 1. The van der Waals surface area contributed by atoms with Crippen LogP contribution in [0, 0.1) is 0 Å². The Morgan fingerprint density at radius 2 is 2.27 bits per heavy atom. The third kappa shape index (κ3) is 4.51. The molecule has 1 aliphatic heterocycles. The first-order chi connectivity index (χ1) is 12.7. The lowest BCUT2D eigenvalue weighted by atomic mass is 9.94. The van der Waals surface area contributed by atoms with E-state index in [0.29, 0.717) is 36.0 Å². The molecule has 0 bridgehead atoms. The van der Waals surface area contributed by atoms with Crippen molar-refractivity contribution in [3.8, 4) is 5.75 Å². The van der Waals surface area contributed by atoms with Crippen molar-refractivity contribution in [1.82, 2.24) is 14.9 Å². The second kappa shape index (κ2) is 8.96. The fourth-order valence-corrected chi connectivity index (χ4v) is 3.34. The summed E-state index contributed by atoms with van der Waals surface area (Å²) in [4.78, 5) is 23.3. The van der Waals surface area contributed by atoms with E-state index in [4.69, 9.17) is 22.1 Å². The molecule has 2 heterocycles. The number of piperidine rings is 1. The Hall–Kier alpha value is -2.18. The van der Waals surface area contributed by atoms with Crippen molar-refractivity contribution in [2.45, 2.75) is 25.2 Å². The quantitative estimate of drug-likeness (QED) is 0.786. The van der Waals surface area contributed by atoms with Crippen LogP contribution in [0.3, 0.4) is 0 Å². The lowest BCUT2D eigenvalue weighted by molar-refractivity contribution is 0.0701. The number of nitrogens with two attached hydrogens (primary N) is 1. The molecule has 1 saturated heterocycles. The molecule has 0 spiro atoms. The summed E-state index contributed by atoms with van der Waals surface area (Å²) in [6.07, 6.45) is 5.97. The van der Waals surface area contributed by atoms with Crippen molar-refractivity contribution < 1.29 is 9.53 Å². The number of amides is 1. The zero-order chi connectivity index (χ0) is 18.4. The second-order valence-electron chi connectivity index (χ2n) is 6.36. The Labute approximate surface area is 158 Å². The fraction of sp³-hybridized carbons (Fsp3) is 0.421. The number of hydrogen-bond donors (Lipinski definition) is 1. The molecule has 0 radical (unpaired) electrons. The SMILES string of the molecule is NCCCOc1cc(Cl)ccc1C(=O)N1CCC[C@@H](c2ccncn2)C1. The molecular formula is C19H23ClN4O2.